The Morgan fingerprint density at radius 3 is 2.74 bits per heavy atom. The van der Waals surface area contributed by atoms with Crippen LogP contribution < -0.4 is 11.1 Å². The molecule has 0 saturated heterocycles. The van der Waals surface area contributed by atoms with Crippen LogP contribution in [0.4, 0.5) is 10.2 Å². The largest absolute Gasteiger partial charge is 0.383 e. The molecule has 0 radical (unpaired) electrons. The molecule has 0 aliphatic carbocycles. The molecular weight excluding hydrogens is 245 g/mol. The highest BCUT2D eigenvalue weighted by molar-refractivity contribution is 5.98. The molecule has 1 aromatic heterocycles. The number of amides is 1. The number of aromatic nitrogens is 1. The number of nitrogens with two attached hydrogens (primary N) is 1. The van der Waals surface area contributed by atoms with Crippen molar-refractivity contribution in [3.63, 3.8) is 0 Å². The first-order chi connectivity index (χ1) is 9.06. The van der Waals surface area contributed by atoms with Crippen molar-refractivity contribution in [1.29, 1.82) is 0 Å². The lowest BCUT2D eigenvalue weighted by Gasteiger charge is -2.07. The lowest BCUT2D eigenvalue weighted by molar-refractivity contribution is 0.0951. The summed E-state index contributed by atoms with van der Waals surface area (Å²) < 4.78 is 13.0. The van der Waals surface area contributed by atoms with Crippen LogP contribution in [0.5, 0.6) is 0 Å². The number of nitrogens with one attached hydrogen (secondary N) is 1. The van der Waals surface area contributed by atoms with Gasteiger partial charge in [0, 0.05) is 6.54 Å². The van der Waals surface area contributed by atoms with Gasteiger partial charge in [0.1, 0.15) is 11.6 Å². The number of aryl methyl sites for hydroxylation is 1. The van der Waals surface area contributed by atoms with Crippen molar-refractivity contribution < 1.29 is 9.18 Å². The van der Waals surface area contributed by atoms with E-state index in [-0.39, 0.29) is 11.4 Å². The molecule has 0 unspecified atom stereocenters. The van der Waals surface area contributed by atoms with Gasteiger partial charge in [-0.05, 0) is 18.6 Å². The maximum absolute atomic E-state index is 13.0. The third-order valence-corrected chi connectivity index (χ3v) is 2.70. The monoisotopic (exact) mass is 259 g/mol. The summed E-state index contributed by atoms with van der Waals surface area (Å²) in [6.45, 7) is 2.34. The highest BCUT2D eigenvalue weighted by Crippen LogP contribution is 2.10. The highest BCUT2D eigenvalue weighted by Gasteiger charge is 2.11. The summed E-state index contributed by atoms with van der Waals surface area (Å²) in [7, 11) is 0. The molecule has 2 rings (SSSR count). The van der Waals surface area contributed by atoms with Crippen LogP contribution in [0.15, 0.2) is 36.5 Å². The molecule has 0 atom stereocenters. The molecule has 1 aromatic carbocycles. The van der Waals surface area contributed by atoms with E-state index < -0.39 is 11.7 Å². The molecule has 1 amide bonds. The van der Waals surface area contributed by atoms with E-state index in [1.807, 2.05) is 31.2 Å². The zero-order valence-electron chi connectivity index (χ0n) is 10.5. The number of pyridine rings is 1. The first-order valence-corrected chi connectivity index (χ1v) is 5.81. The van der Waals surface area contributed by atoms with Crippen LogP contribution in [0.25, 0.3) is 0 Å². The molecular formula is C14H14FN3O. The van der Waals surface area contributed by atoms with Crippen molar-refractivity contribution in [3.8, 4) is 0 Å². The van der Waals surface area contributed by atoms with Crippen LogP contribution in [0.3, 0.4) is 0 Å². The predicted octanol–water partition coefficient (Wildman–Crippen LogP) is 2.04. The summed E-state index contributed by atoms with van der Waals surface area (Å²) in [5.74, 6) is -1.01. The van der Waals surface area contributed by atoms with Gasteiger partial charge in [0.15, 0.2) is 0 Å². The van der Waals surface area contributed by atoms with Crippen molar-refractivity contribution in [3.05, 3.63) is 59.0 Å². The summed E-state index contributed by atoms with van der Waals surface area (Å²) in [6, 6.07) is 8.83. The van der Waals surface area contributed by atoms with Gasteiger partial charge in [0.2, 0.25) is 0 Å². The van der Waals surface area contributed by atoms with Crippen LogP contribution >= 0.6 is 0 Å². The SMILES string of the molecule is Cc1ccc(CNC(=O)c2cc(F)cnc2N)cc1. The fraction of sp³-hybridized carbons (Fsp3) is 0.143. The normalized spacial score (nSPS) is 10.2. The Hall–Kier alpha value is -2.43. The fourth-order valence-electron chi connectivity index (χ4n) is 1.62. The van der Waals surface area contributed by atoms with Gasteiger partial charge in [0.25, 0.3) is 5.91 Å². The second-order valence-corrected chi connectivity index (χ2v) is 4.25. The molecule has 0 bridgehead atoms. The molecule has 4 nitrogen and oxygen atoms in total. The number of anilines is 1. The van der Waals surface area contributed by atoms with Gasteiger partial charge in [-0.1, -0.05) is 29.8 Å². The molecule has 0 spiro atoms. The van der Waals surface area contributed by atoms with E-state index in [1.54, 1.807) is 0 Å². The van der Waals surface area contributed by atoms with Gasteiger partial charge in [0.05, 0.1) is 11.8 Å². The first-order valence-electron chi connectivity index (χ1n) is 5.81. The zero-order chi connectivity index (χ0) is 13.8. The zero-order valence-corrected chi connectivity index (χ0v) is 10.5. The van der Waals surface area contributed by atoms with E-state index in [0.717, 1.165) is 23.4 Å². The number of nitrogens with zero attached hydrogens (tertiary/aromatic N) is 1. The lowest BCUT2D eigenvalue weighted by Crippen LogP contribution is -2.24. The summed E-state index contributed by atoms with van der Waals surface area (Å²) in [4.78, 5) is 15.5. The van der Waals surface area contributed by atoms with Crippen LogP contribution in [-0.2, 0) is 6.54 Å². The van der Waals surface area contributed by atoms with E-state index in [2.05, 4.69) is 10.3 Å². The summed E-state index contributed by atoms with van der Waals surface area (Å²) >= 11 is 0. The second-order valence-electron chi connectivity index (χ2n) is 4.25. The van der Waals surface area contributed by atoms with Gasteiger partial charge in [-0.2, -0.15) is 0 Å². The maximum Gasteiger partial charge on any atom is 0.255 e. The predicted molar refractivity (Wildman–Crippen MR) is 71.0 cm³/mol. The molecule has 2 aromatic rings. The molecule has 0 aliphatic heterocycles. The summed E-state index contributed by atoms with van der Waals surface area (Å²) in [5.41, 5.74) is 7.70. The fourth-order valence-corrected chi connectivity index (χ4v) is 1.62. The third-order valence-electron chi connectivity index (χ3n) is 2.70. The number of rotatable bonds is 3. The molecule has 3 N–H and O–H groups in total. The van der Waals surface area contributed by atoms with Crippen LogP contribution in [0.2, 0.25) is 0 Å². The third kappa shape index (κ3) is 3.28. The number of nitrogen functional groups attached to an aromatic ring is 1. The average molecular weight is 259 g/mol. The number of hydrogen-bond acceptors (Lipinski definition) is 3. The van der Waals surface area contributed by atoms with Crippen molar-refractivity contribution in [2.45, 2.75) is 13.5 Å². The Balaban J connectivity index is 2.05. The van der Waals surface area contributed by atoms with E-state index in [1.165, 1.54) is 0 Å². The van der Waals surface area contributed by atoms with Gasteiger partial charge >= 0.3 is 0 Å². The molecule has 0 aliphatic rings. The minimum Gasteiger partial charge on any atom is -0.383 e. The van der Waals surface area contributed by atoms with Crippen LogP contribution in [-0.4, -0.2) is 10.9 Å². The lowest BCUT2D eigenvalue weighted by atomic mass is 10.1. The Bertz CT molecular complexity index is 596. The average Bonchev–Trinajstić information content (AvgIpc) is 2.40. The van der Waals surface area contributed by atoms with E-state index in [9.17, 15) is 9.18 Å². The number of benzene rings is 1. The standard InChI is InChI=1S/C14H14FN3O/c1-9-2-4-10(5-3-9)7-18-14(19)12-6-11(15)8-17-13(12)16/h2-6,8H,7H2,1H3,(H2,16,17)(H,18,19). The maximum atomic E-state index is 13.0. The Kier molecular flexibility index (Phi) is 3.75. The highest BCUT2D eigenvalue weighted by atomic mass is 19.1. The summed E-state index contributed by atoms with van der Waals surface area (Å²) in [5, 5.41) is 2.68. The van der Waals surface area contributed by atoms with E-state index in [0.29, 0.717) is 6.54 Å². The van der Waals surface area contributed by atoms with Crippen molar-refractivity contribution in [2.75, 3.05) is 5.73 Å². The van der Waals surface area contributed by atoms with Crippen molar-refractivity contribution in [1.82, 2.24) is 10.3 Å². The Morgan fingerprint density at radius 2 is 2.05 bits per heavy atom. The molecule has 1 heterocycles. The first kappa shape index (κ1) is 13.0. The van der Waals surface area contributed by atoms with Gasteiger partial charge < -0.3 is 11.1 Å². The molecule has 98 valence electrons. The van der Waals surface area contributed by atoms with Crippen molar-refractivity contribution >= 4 is 11.7 Å². The number of carbonyl (C=O) groups excluding carboxylic acids is 1. The van der Waals surface area contributed by atoms with E-state index in [4.69, 9.17) is 5.73 Å². The number of hydrogen-bond donors (Lipinski definition) is 2. The van der Waals surface area contributed by atoms with Crippen LogP contribution in [0, 0.1) is 12.7 Å². The van der Waals surface area contributed by atoms with E-state index >= 15 is 0 Å². The quantitative estimate of drug-likeness (QED) is 0.886. The molecule has 19 heavy (non-hydrogen) atoms. The molecule has 5 heteroatoms. The minimum absolute atomic E-state index is 0.0165. The Morgan fingerprint density at radius 1 is 1.37 bits per heavy atom. The second kappa shape index (κ2) is 5.48. The molecule has 0 saturated carbocycles. The van der Waals surface area contributed by atoms with Crippen LogP contribution in [0.1, 0.15) is 21.5 Å². The van der Waals surface area contributed by atoms with Gasteiger partial charge in [-0.3, -0.25) is 4.79 Å². The number of carbonyl (C=O) groups is 1. The minimum atomic E-state index is -0.588. The number of halogens is 1. The Labute approximate surface area is 110 Å². The summed E-state index contributed by atoms with van der Waals surface area (Å²) in [6.07, 6.45) is 0.978. The molecule has 0 fully saturated rings. The topological polar surface area (TPSA) is 68.0 Å². The van der Waals surface area contributed by atoms with Gasteiger partial charge in [-0.15, -0.1) is 0 Å². The van der Waals surface area contributed by atoms with Gasteiger partial charge in [-0.25, -0.2) is 9.37 Å². The smallest absolute Gasteiger partial charge is 0.255 e. The van der Waals surface area contributed by atoms with Crippen molar-refractivity contribution in [2.24, 2.45) is 0 Å².